The summed E-state index contributed by atoms with van der Waals surface area (Å²) in [5.41, 5.74) is 3.04. The van der Waals surface area contributed by atoms with Gasteiger partial charge >= 0.3 is 5.97 Å². The van der Waals surface area contributed by atoms with Crippen molar-refractivity contribution in [1.82, 2.24) is 4.90 Å². The molecule has 45 heavy (non-hydrogen) atoms. The molecule has 5 rings (SSSR count). The molecule has 11 nitrogen and oxygen atoms in total. The molecule has 230 valence electrons. The zero-order valence-corrected chi connectivity index (χ0v) is 24.9. The van der Waals surface area contributed by atoms with Crippen LogP contribution in [-0.2, 0) is 9.53 Å². The van der Waals surface area contributed by atoms with E-state index in [9.17, 15) is 24.5 Å². The zero-order chi connectivity index (χ0) is 31.9. The highest BCUT2D eigenvalue weighted by atomic mass is 16.6. The molecule has 1 aliphatic rings. The Kier molecular flexibility index (Phi) is 9.37. The Morgan fingerprint density at radius 3 is 2.42 bits per heavy atom. The Morgan fingerprint density at radius 2 is 1.71 bits per heavy atom. The highest BCUT2D eigenvalue weighted by molar-refractivity contribution is 6.05. The number of aryl methyl sites for hydroxylation is 1. The van der Waals surface area contributed by atoms with Crippen molar-refractivity contribution in [1.29, 1.82) is 0 Å². The minimum atomic E-state index is -0.512. The summed E-state index contributed by atoms with van der Waals surface area (Å²) >= 11 is 0. The first-order valence-corrected chi connectivity index (χ1v) is 14.5. The summed E-state index contributed by atoms with van der Waals surface area (Å²) < 4.78 is 10.9. The van der Waals surface area contributed by atoms with Gasteiger partial charge in [-0.1, -0.05) is 24.3 Å². The van der Waals surface area contributed by atoms with Gasteiger partial charge in [0.15, 0.2) is 0 Å². The molecule has 0 bridgehead atoms. The molecule has 4 aromatic rings. The number of hydrogen-bond donors (Lipinski definition) is 1. The van der Waals surface area contributed by atoms with Gasteiger partial charge in [-0.2, -0.15) is 0 Å². The van der Waals surface area contributed by atoms with Gasteiger partial charge in [0, 0.05) is 43.9 Å². The van der Waals surface area contributed by atoms with Crippen molar-refractivity contribution >= 4 is 40.9 Å². The number of hydrogen-bond acceptors (Lipinski definition) is 8. The number of rotatable bonds is 9. The second kappa shape index (κ2) is 13.7. The van der Waals surface area contributed by atoms with Crippen molar-refractivity contribution in [3.8, 4) is 11.3 Å². The number of amides is 2. The van der Waals surface area contributed by atoms with E-state index in [1.54, 1.807) is 73.3 Å². The third kappa shape index (κ3) is 7.27. The maximum absolute atomic E-state index is 13.1. The van der Waals surface area contributed by atoms with Gasteiger partial charge in [-0.3, -0.25) is 19.7 Å². The maximum atomic E-state index is 13.1. The van der Waals surface area contributed by atoms with Gasteiger partial charge in [-0.15, -0.1) is 0 Å². The number of nitrogens with one attached hydrogen (secondary N) is 1. The lowest BCUT2D eigenvalue weighted by molar-refractivity contribution is -0.384. The van der Waals surface area contributed by atoms with E-state index in [1.807, 2.05) is 18.2 Å². The number of benzene rings is 3. The first-order valence-electron chi connectivity index (χ1n) is 14.5. The molecule has 3 aromatic carbocycles. The molecule has 1 fully saturated rings. The minimum absolute atomic E-state index is 0.0374. The molecular formula is C34H32N4O7. The van der Waals surface area contributed by atoms with Crippen LogP contribution >= 0.6 is 0 Å². The third-order valence-corrected chi connectivity index (χ3v) is 7.34. The molecule has 2 heterocycles. The van der Waals surface area contributed by atoms with Gasteiger partial charge < -0.3 is 24.3 Å². The van der Waals surface area contributed by atoms with Crippen molar-refractivity contribution in [3.63, 3.8) is 0 Å². The van der Waals surface area contributed by atoms with Crippen LogP contribution in [0.3, 0.4) is 0 Å². The first-order chi connectivity index (χ1) is 21.7. The summed E-state index contributed by atoms with van der Waals surface area (Å²) in [4.78, 5) is 53.4. The number of nitro benzene ring substituents is 1. The Bertz CT molecular complexity index is 1760. The van der Waals surface area contributed by atoms with E-state index < -0.39 is 16.8 Å². The standard InChI is InChI=1S/C34H32N4O7/c1-3-44-34(41)25-10-14-29(36-17-19-37(20-18-36)33(40)24-7-5-4-6-8-24)28(22-25)35-32(39)16-12-26-11-15-31(45-26)27-13-9-23(2)21-30(27)38(42)43/h4-16,21-22H,3,17-20H2,1-2H3,(H,35,39)/b16-12+. The average Bonchev–Trinajstić information content (AvgIpc) is 3.53. The van der Waals surface area contributed by atoms with Gasteiger partial charge in [0.2, 0.25) is 5.91 Å². The molecule has 1 aromatic heterocycles. The van der Waals surface area contributed by atoms with E-state index in [-0.39, 0.29) is 23.8 Å². The largest absolute Gasteiger partial charge is 0.462 e. The van der Waals surface area contributed by atoms with Crippen LogP contribution < -0.4 is 10.2 Å². The zero-order valence-electron chi connectivity index (χ0n) is 24.9. The Morgan fingerprint density at radius 1 is 0.956 bits per heavy atom. The minimum Gasteiger partial charge on any atom is -0.462 e. The lowest BCUT2D eigenvalue weighted by Gasteiger charge is -2.37. The quantitative estimate of drug-likeness (QED) is 0.107. The molecule has 0 atom stereocenters. The average molecular weight is 609 g/mol. The number of carbonyl (C=O) groups is 3. The topological polar surface area (TPSA) is 135 Å². The number of esters is 1. The highest BCUT2D eigenvalue weighted by Gasteiger charge is 2.25. The second-order valence-corrected chi connectivity index (χ2v) is 10.4. The normalized spacial score (nSPS) is 13.1. The summed E-state index contributed by atoms with van der Waals surface area (Å²) in [6, 6.07) is 22.2. The summed E-state index contributed by atoms with van der Waals surface area (Å²) in [6.45, 7) is 5.72. The molecule has 0 aliphatic carbocycles. The highest BCUT2D eigenvalue weighted by Crippen LogP contribution is 2.33. The van der Waals surface area contributed by atoms with Gasteiger partial charge in [0.1, 0.15) is 11.5 Å². The smallest absolute Gasteiger partial charge is 0.338 e. The van der Waals surface area contributed by atoms with Crippen molar-refractivity contribution in [2.24, 2.45) is 0 Å². The number of piperazine rings is 1. The Labute approximate surface area is 259 Å². The number of anilines is 2. The molecule has 2 amide bonds. The molecule has 0 spiro atoms. The predicted octanol–water partition coefficient (Wildman–Crippen LogP) is 5.95. The van der Waals surface area contributed by atoms with Gasteiger partial charge in [-0.25, -0.2) is 4.79 Å². The Hall–Kier alpha value is -5.71. The number of carbonyl (C=O) groups excluding carboxylic acids is 3. The third-order valence-electron chi connectivity index (χ3n) is 7.34. The number of nitrogens with zero attached hydrogens (tertiary/aromatic N) is 3. The van der Waals surface area contributed by atoms with Crippen LogP contribution in [0.4, 0.5) is 17.1 Å². The lowest BCUT2D eigenvalue weighted by atomic mass is 10.1. The summed E-state index contributed by atoms with van der Waals surface area (Å²) in [5.74, 6) is -0.397. The lowest BCUT2D eigenvalue weighted by Crippen LogP contribution is -2.49. The summed E-state index contributed by atoms with van der Waals surface area (Å²) in [6.07, 6.45) is 2.74. The van der Waals surface area contributed by atoms with Crippen LogP contribution in [0.25, 0.3) is 17.4 Å². The molecular weight excluding hydrogens is 576 g/mol. The monoisotopic (exact) mass is 608 g/mol. The SMILES string of the molecule is CCOC(=O)c1ccc(N2CCN(C(=O)c3ccccc3)CC2)c(NC(=O)/C=C/c2ccc(-c3ccc(C)cc3[N+](=O)[O-])o2)c1. The second-order valence-electron chi connectivity index (χ2n) is 10.4. The van der Waals surface area contributed by atoms with Crippen molar-refractivity contribution in [2.75, 3.05) is 43.0 Å². The van der Waals surface area contributed by atoms with Crippen molar-refractivity contribution in [2.45, 2.75) is 13.8 Å². The molecule has 0 saturated carbocycles. The van der Waals surface area contributed by atoms with Gasteiger partial charge in [0.25, 0.3) is 11.6 Å². The molecule has 11 heteroatoms. The van der Waals surface area contributed by atoms with E-state index in [0.29, 0.717) is 60.2 Å². The number of nitro groups is 1. The fourth-order valence-electron chi connectivity index (χ4n) is 5.09. The maximum Gasteiger partial charge on any atom is 0.338 e. The van der Waals surface area contributed by atoms with E-state index in [1.165, 1.54) is 18.2 Å². The van der Waals surface area contributed by atoms with E-state index in [2.05, 4.69) is 10.2 Å². The van der Waals surface area contributed by atoms with E-state index in [4.69, 9.17) is 9.15 Å². The molecule has 1 N–H and O–H groups in total. The molecule has 1 saturated heterocycles. The van der Waals surface area contributed by atoms with E-state index >= 15 is 0 Å². The number of furan rings is 1. The van der Waals surface area contributed by atoms with Crippen LogP contribution in [0.15, 0.2) is 89.4 Å². The van der Waals surface area contributed by atoms with E-state index in [0.717, 1.165) is 5.56 Å². The number of ether oxygens (including phenoxy) is 1. The predicted molar refractivity (Wildman–Crippen MR) is 170 cm³/mol. The van der Waals surface area contributed by atoms with Crippen molar-refractivity contribution in [3.05, 3.63) is 118 Å². The summed E-state index contributed by atoms with van der Waals surface area (Å²) in [7, 11) is 0. The molecule has 0 unspecified atom stereocenters. The fraction of sp³-hybridized carbons (Fsp3) is 0.206. The fourth-order valence-corrected chi connectivity index (χ4v) is 5.09. The van der Waals surface area contributed by atoms with Gasteiger partial charge in [0.05, 0.1) is 34.0 Å². The van der Waals surface area contributed by atoms with Crippen molar-refractivity contribution < 1.29 is 28.5 Å². The first kappa shape index (κ1) is 30.7. The van der Waals surface area contributed by atoms with Crippen LogP contribution in [0.2, 0.25) is 0 Å². The van der Waals surface area contributed by atoms with Crippen LogP contribution in [0.5, 0.6) is 0 Å². The molecule has 0 radical (unpaired) electrons. The van der Waals surface area contributed by atoms with Crippen LogP contribution in [0.1, 0.15) is 39.0 Å². The van der Waals surface area contributed by atoms with Crippen LogP contribution in [0, 0.1) is 17.0 Å². The summed E-state index contributed by atoms with van der Waals surface area (Å²) in [5, 5.41) is 14.4. The Balaban J connectivity index is 1.32. The molecule has 1 aliphatic heterocycles. The van der Waals surface area contributed by atoms with Crippen LogP contribution in [-0.4, -0.2) is 60.4 Å². The van der Waals surface area contributed by atoms with Gasteiger partial charge in [-0.05, 0) is 74.0 Å².